The molecule has 0 spiro atoms. The van der Waals surface area contributed by atoms with Crippen LogP contribution in [0.2, 0.25) is 0 Å². The number of carbonyl (C=O) groups is 1. The lowest BCUT2D eigenvalue weighted by Gasteiger charge is -2.35. The molecule has 2 N–H and O–H groups in total. The third-order valence-corrected chi connectivity index (χ3v) is 3.80. The van der Waals surface area contributed by atoms with Crippen molar-refractivity contribution in [2.75, 3.05) is 20.2 Å². The van der Waals surface area contributed by atoms with Gasteiger partial charge in [-0.25, -0.2) is 0 Å². The van der Waals surface area contributed by atoms with Gasteiger partial charge in [-0.2, -0.15) is 0 Å². The summed E-state index contributed by atoms with van der Waals surface area (Å²) in [7, 11) is 1.86. The fourth-order valence-electron chi connectivity index (χ4n) is 2.58. The summed E-state index contributed by atoms with van der Waals surface area (Å²) >= 11 is 0. The first-order valence-electron chi connectivity index (χ1n) is 7.23. The maximum absolute atomic E-state index is 12.0. The normalized spacial score (nSPS) is 21.1. The van der Waals surface area contributed by atoms with E-state index in [2.05, 4.69) is 0 Å². The minimum absolute atomic E-state index is 0.137. The van der Waals surface area contributed by atoms with E-state index in [-0.39, 0.29) is 5.91 Å². The quantitative estimate of drug-likeness (QED) is 0.864. The number of amides is 1. The molecule has 0 saturated heterocycles. The first kappa shape index (κ1) is 14.9. The van der Waals surface area contributed by atoms with Gasteiger partial charge in [0, 0.05) is 19.6 Å². The van der Waals surface area contributed by atoms with Gasteiger partial charge in [0.1, 0.15) is 5.75 Å². The molecule has 1 amide bonds. The Bertz CT molecular complexity index is 456. The van der Waals surface area contributed by atoms with Gasteiger partial charge in [-0.05, 0) is 43.4 Å². The largest absolute Gasteiger partial charge is 0.493 e. The molecular formula is C16H24N2O2. The Balaban J connectivity index is 1.66. The van der Waals surface area contributed by atoms with E-state index in [1.54, 1.807) is 4.90 Å². The van der Waals surface area contributed by atoms with Crippen molar-refractivity contribution in [3.63, 3.8) is 0 Å². The lowest BCUT2D eigenvalue weighted by atomic mass is 9.80. The number of hydrogen-bond acceptors (Lipinski definition) is 3. The molecule has 0 radical (unpaired) electrons. The van der Waals surface area contributed by atoms with Crippen LogP contribution in [0.5, 0.6) is 5.75 Å². The molecule has 1 aromatic carbocycles. The summed E-state index contributed by atoms with van der Waals surface area (Å²) in [5.41, 5.74) is 6.91. The Kier molecular flexibility index (Phi) is 5.01. The zero-order valence-corrected chi connectivity index (χ0v) is 12.3. The van der Waals surface area contributed by atoms with E-state index in [0.717, 1.165) is 30.7 Å². The number of benzene rings is 1. The number of aryl methyl sites for hydroxylation is 1. The van der Waals surface area contributed by atoms with Gasteiger partial charge in [-0.15, -0.1) is 0 Å². The van der Waals surface area contributed by atoms with Gasteiger partial charge in [0.2, 0.25) is 5.91 Å². The van der Waals surface area contributed by atoms with Crippen LogP contribution < -0.4 is 10.5 Å². The first-order chi connectivity index (χ1) is 9.54. The molecule has 0 atom stereocenters. The topological polar surface area (TPSA) is 55.6 Å². The van der Waals surface area contributed by atoms with Crippen molar-refractivity contribution in [3.05, 3.63) is 29.8 Å². The van der Waals surface area contributed by atoms with Crippen LogP contribution in [0.4, 0.5) is 0 Å². The average Bonchev–Trinajstić information content (AvgIpc) is 2.36. The van der Waals surface area contributed by atoms with Crippen molar-refractivity contribution in [2.24, 2.45) is 11.7 Å². The van der Waals surface area contributed by atoms with Gasteiger partial charge in [-0.1, -0.05) is 12.1 Å². The summed E-state index contributed by atoms with van der Waals surface area (Å²) in [6.07, 6.45) is 2.50. The van der Waals surface area contributed by atoms with Crippen molar-refractivity contribution in [2.45, 2.75) is 32.2 Å². The summed E-state index contributed by atoms with van der Waals surface area (Å²) < 4.78 is 5.60. The molecule has 1 aliphatic rings. The van der Waals surface area contributed by atoms with Gasteiger partial charge >= 0.3 is 0 Å². The zero-order valence-electron chi connectivity index (χ0n) is 12.3. The molecule has 0 aromatic heterocycles. The maximum Gasteiger partial charge on any atom is 0.225 e. The Morgan fingerprint density at radius 3 is 2.85 bits per heavy atom. The van der Waals surface area contributed by atoms with Crippen molar-refractivity contribution >= 4 is 5.91 Å². The molecule has 2 rings (SSSR count). The van der Waals surface area contributed by atoms with Crippen LogP contribution in [0.25, 0.3) is 0 Å². The Morgan fingerprint density at radius 1 is 1.45 bits per heavy atom. The van der Waals surface area contributed by atoms with Gasteiger partial charge in [-0.3, -0.25) is 4.79 Å². The minimum Gasteiger partial charge on any atom is -0.493 e. The van der Waals surface area contributed by atoms with Crippen LogP contribution in [0.15, 0.2) is 24.3 Å². The molecule has 1 aromatic rings. The third kappa shape index (κ3) is 4.23. The van der Waals surface area contributed by atoms with E-state index in [1.165, 1.54) is 0 Å². The summed E-state index contributed by atoms with van der Waals surface area (Å²) in [4.78, 5) is 13.8. The fraction of sp³-hybridized carbons (Fsp3) is 0.562. The summed E-state index contributed by atoms with van der Waals surface area (Å²) in [5, 5.41) is 0. The molecule has 20 heavy (non-hydrogen) atoms. The summed E-state index contributed by atoms with van der Waals surface area (Å²) in [6, 6.07) is 8.21. The molecule has 1 fully saturated rings. The number of nitrogens with zero attached hydrogens (tertiary/aromatic N) is 1. The highest BCUT2D eigenvalue weighted by molar-refractivity contribution is 5.76. The molecule has 0 bridgehead atoms. The van der Waals surface area contributed by atoms with Crippen LogP contribution in [-0.2, 0) is 4.79 Å². The van der Waals surface area contributed by atoms with E-state index in [4.69, 9.17) is 10.5 Å². The molecule has 1 saturated carbocycles. The van der Waals surface area contributed by atoms with E-state index in [9.17, 15) is 4.79 Å². The SMILES string of the molecule is Cc1cccc(OCCC(=O)N(C)CC2CC(N)C2)c1. The highest BCUT2D eigenvalue weighted by Gasteiger charge is 2.27. The van der Waals surface area contributed by atoms with E-state index in [1.807, 2.05) is 38.2 Å². The molecule has 0 heterocycles. The highest BCUT2D eigenvalue weighted by Crippen LogP contribution is 2.26. The molecular weight excluding hydrogens is 252 g/mol. The Morgan fingerprint density at radius 2 is 2.20 bits per heavy atom. The van der Waals surface area contributed by atoms with Crippen LogP contribution in [0.3, 0.4) is 0 Å². The maximum atomic E-state index is 12.0. The van der Waals surface area contributed by atoms with Crippen molar-refractivity contribution in [1.29, 1.82) is 0 Å². The number of nitrogens with two attached hydrogens (primary N) is 1. The number of hydrogen-bond donors (Lipinski definition) is 1. The minimum atomic E-state index is 0.137. The van der Waals surface area contributed by atoms with Crippen molar-refractivity contribution in [3.8, 4) is 5.75 Å². The molecule has 4 heteroatoms. The number of ether oxygens (including phenoxy) is 1. The first-order valence-corrected chi connectivity index (χ1v) is 7.23. The average molecular weight is 276 g/mol. The van der Waals surface area contributed by atoms with Crippen LogP contribution in [-0.4, -0.2) is 37.0 Å². The Hall–Kier alpha value is -1.55. The predicted molar refractivity (Wildman–Crippen MR) is 79.6 cm³/mol. The van der Waals surface area contributed by atoms with Crippen LogP contribution >= 0.6 is 0 Å². The van der Waals surface area contributed by atoms with E-state index in [0.29, 0.717) is 25.0 Å². The molecule has 1 aliphatic carbocycles. The highest BCUT2D eigenvalue weighted by atomic mass is 16.5. The second kappa shape index (κ2) is 6.75. The second-order valence-electron chi connectivity index (χ2n) is 5.79. The number of carbonyl (C=O) groups excluding carboxylic acids is 1. The molecule has 4 nitrogen and oxygen atoms in total. The lowest BCUT2D eigenvalue weighted by molar-refractivity contribution is -0.131. The number of rotatable bonds is 6. The van der Waals surface area contributed by atoms with Crippen molar-refractivity contribution < 1.29 is 9.53 Å². The fourth-order valence-corrected chi connectivity index (χ4v) is 2.58. The second-order valence-corrected chi connectivity index (χ2v) is 5.79. The Labute approximate surface area is 120 Å². The summed E-state index contributed by atoms with van der Waals surface area (Å²) in [6.45, 7) is 3.27. The predicted octanol–water partition coefficient (Wildman–Crippen LogP) is 1.96. The molecule has 0 aliphatic heterocycles. The van der Waals surface area contributed by atoms with Crippen molar-refractivity contribution in [1.82, 2.24) is 4.90 Å². The standard InChI is InChI=1S/C16H24N2O2/c1-12-4-3-5-15(8-12)20-7-6-16(19)18(2)11-13-9-14(17)10-13/h3-5,8,13-14H,6-7,9-11,17H2,1-2H3. The lowest BCUT2D eigenvalue weighted by Crippen LogP contribution is -2.43. The third-order valence-electron chi connectivity index (χ3n) is 3.80. The van der Waals surface area contributed by atoms with E-state index < -0.39 is 0 Å². The van der Waals surface area contributed by atoms with Gasteiger partial charge in [0.05, 0.1) is 13.0 Å². The summed E-state index contributed by atoms with van der Waals surface area (Å²) in [5.74, 6) is 1.54. The zero-order chi connectivity index (χ0) is 14.5. The van der Waals surface area contributed by atoms with Gasteiger partial charge in [0.25, 0.3) is 0 Å². The van der Waals surface area contributed by atoms with Gasteiger partial charge < -0.3 is 15.4 Å². The van der Waals surface area contributed by atoms with Crippen LogP contribution in [0, 0.1) is 12.8 Å². The van der Waals surface area contributed by atoms with E-state index >= 15 is 0 Å². The van der Waals surface area contributed by atoms with Gasteiger partial charge in [0.15, 0.2) is 0 Å². The molecule has 0 unspecified atom stereocenters. The van der Waals surface area contributed by atoms with Crippen LogP contribution in [0.1, 0.15) is 24.8 Å². The monoisotopic (exact) mass is 276 g/mol. The smallest absolute Gasteiger partial charge is 0.225 e. The molecule has 110 valence electrons.